The van der Waals surface area contributed by atoms with Crippen LogP contribution < -0.4 is 19.6 Å². The van der Waals surface area contributed by atoms with Gasteiger partial charge >= 0.3 is 0 Å². The molecule has 0 atom stereocenters. The van der Waals surface area contributed by atoms with Crippen molar-refractivity contribution < 1.29 is 9.47 Å². The average Bonchev–Trinajstić information content (AvgIpc) is 3.38. The molecule has 6 nitrogen and oxygen atoms in total. The van der Waals surface area contributed by atoms with Gasteiger partial charge in [0.1, 0.15) is 0 Å². The third-order valence-electron chi connectivity index (χ3n) is 5.54. The quantitative estimate of drug-likeness (QED) is 0.246. The molecule has 0 aliphatic rings. The van der Waals surface area contributed by atoms with Crippen LogP contribution in [0.25, 0.3) is 22.4 Å². The largest absolute Gasteiger partial charge is 0.493 e. The van der Waals surface area contributed by atoms with Gasteiger partial charge in [-0.05, 0) is 42.3 Å². The number of nitrogens with zero attached hydrogens (tertiary/aromatic N) is 3. The highest BCUT2D eigenvalue weighted by Gasteiger charge is 2.14. The summed E-state index contributed by atoms with van der Waals surface area (Å²) in [5.74, 6) is 1.80. The van der Waals surface area contributed by atoms with E-state index in [4.69, 9.17) is 21.1 Å². The lowest BCUT2D eigenvalue weighted by molar-refractivity contribution is 0.284. The van der Waals surface area contributed by atoms with Crippen molar-refractivity contribution in [3.63, 3.8) is 0 Å². The van der Waals surface area contributed by atoms with Crippen molar-refractivity contribution in [2.75, 3.05) is 13.7 Å². The molecule has 0 fully saturated rings. The van der Waals surface area contributed by atoms with E-state index in [-0.39, 0.29) is 5.56 Å². The summed E-state index contributed by atoms with van der Waals surface area (Å²) in [7, 11) is 1.62. The lowest BCUT2D eigenvalue weighted by Crippen LogP contribution is -2.23. The van der Waals surface area contributed by atoms with Gasteiger partial charge in [0.05, 0.1) is 23.3 Å². The predicted octanol–water partition coefficient (Wildman–Crippen LogP) is 5.77. The summed E-state index contributed by atoms with van der Waals surface area (Å²) in [5, 5.41) is 4.92. The van der Waals surface area contributed by atoms with E-state index in [0.717, 1.165) is 12.0 Å². The molecule has 0 amide bonds. The van der Waals surface area contributed by atoms with Crippen LogP contribution in [-0.4, -0.2) is 28.3 Å². The van der Waals surface area contributed by atoms with Crippen molar-refractivity contribution in [2.45, 2.75) is 45.4 Å². The molecule has 34 heavy (non-hydrogen) atoms. The molecule has 0 aliphatic heterocycles. The van der Waals surface area contributed by atoms with Crippen LogP contribution in [0.3, 0.4) is 0 Å². The van der Waals surface area contributed by atoms with E-state index < -0.39 is 0 Å². The van der Waals surface area contributed by atoms with Gasteiger partial charge in [0.15, 0.2) is 17.3 Å². The second kappa shape index (κ2) is 11.5. The zero-order valence-corrected chi connectivity index (χ0v) is 21.0. The molecule has 0 aliphatic carbocycles. The Kier molecular flexibility index (Phi) is 8.19. The fraction of sp³-hybridized carbons (Fsp3) is 0.346. The molecular weight excluding hydrogens is 470 g/mol. The van der Waals surface area contributed by atoms with Crippen molar-refractivity contribution in [1.29, 1.82) is 0 Å². The molecule has 0 saturated carbocycles. The average molecular weight is 498 g/mol. The Morgan fingerprint density at radius 1 is 1.06 bits per heavy atom. The Labute approximate surface area is 207 Å². The van der Waals surface area contributed by atoms with Gasteiger partial charge in [0.2, 0.25) is 4.96 Å². The molecule has 0 unspecified atom stereocenters. The minimum atomic E-state index is -0.215. The molecule has 2 aromatic carbocycles. The van der Waals surface area contributed by atoms with Gasteiger partial charge < -0.3 is 9.47 Å². The minimum absolute atomic E-state index is 0.215. The fourth-order valence-corrected chi connectivity index (χ4v) is 4.83. The minimum Gasteiger partial charge on any atom is -0.493 e. The van der Waals surface area contributed by atoms with Crippen molar-refractivity contribution in [1.82, 2.24) is 14.6 Å². The summed E-state index contributed by atoms with van der Waals surface area (Å²) in [6.45, 7) is 2.89. The number of fused-ring (bicyclic) bond motifs is 1. The van der Waals surface area contributed by atoms with E-state index in [1.807, 2.05) is 42.5 Å². The molecule has 0 N–H and O–H groups in total. The van der Waals surface area contributed by atoms with E-state index in [1.165, 1.54) is 48.0 Å². The Hall–Kier alpha value is -2.90. The van der Waals surface area contributed by atoms with Gasteiger partial charge in [0, 0.05) is 5.56 Å². The van der Waals surface area contributed by atoms with E-state index >= 15 is 0 Å². The SMILES string of the molecule is CCCCCCCCOc1ccc(/C=c2\sc3nc(-c4ccccc4Cl)nn3c2=O)cc1OC. The van der Waals surface area contributed by atoms with Crippen LogP contribution >= 0.6 is 22.9 Å². The molecule has 4 rings (SSSR count). The molecule has 178 valence electrons. The molecule has 8 heteroatoms. The summed E-state index contributed by atoms with van der Waals surface area (Å²) in [5.41, 5.74) is 1.33. The first-order chi connectivity index (χ1) is 16.6. The van der Waals surface area contributed by atoms with Crippen molar-refractivity contribution in [3.05, 3.63) is 67.9 Å². The second-order valence-corrected chi connectivity index (χ2v) is 9.47. The monoisotopic (exact) mass is 497 g/mol. The summed E-state index contributed by atoms with van der Waals surface area (Å²) in [6, 6.07) is 13.0. The number of methoxy groups -OCH3 is 1. The number of thiazole rings is 1. The number of hydrogen-bond donors (Lipinski definition) is 0. The number of ether oxygens (including phenoxy) is 2. The number of aromatic nitrogens is 3. The Morgan fingerprint density at radius 3 is 2.62 bits per heavy atom. The summed E-state index contributed by atoms with van der Waals surface area (Å²) >= 11 is 7.54. The molecule has 0 bridgehead atoms. The number of unbranched alkanes of at least 4 members (excludes halogenated alkanes) is 5. The smallest absolute Gasteiger partial charge is 0.291 e. The summed E-state index contributed by atoms with van der Waals surface area (Å²) in [4.78, 5) is 17.9. The number of rotatable bonds is 11. The molecule has 0 radical (unpaired) electrons. The topological polar surface area (TPSA) is 65.7 Å². The zero-order chi connectivity index (χ0) is 23.9. The van der Waals surface area contributed by atoms with Crippen molar-refractivity contribution in [2.24, 2.45) is 0 Å². The molecule has 0 saturated heterocycles. The number of halogens is 1. The standard InChI is InChI=1S/C26H28ClN3O3S/c1-3-4-5-6-7-10-15-33-21-14-13-18(16-22(21)32-2)17-23-25(31)30-26(34-23)28-24(29-30)19-11-8-9-12-20(19)27/h8-9,11-14,16-17H,3-7,10,15H2,1-2H3/b23-17-. The van der Waals surface area contributed by atoms with Crippen LogP contribution in [0.2, 0.25) is 5.02 Å². The van der Waals surface area contributed by atoms with Crippen LogP contribution in [0.1, 0.15) is 51.0 Å². The van der Waals surface area contributed by atoms with Gasteiger partial charge in [-0.25, -0.2) is 0 Å². The normalized spacial score (nSPS) is 11.9. The maximum absolute atomic E-state index is 12.9. The molecule has 2 heterocycles. The van der Waals surface area contributed by atoms with Gasteiger partial charge in [-0.1, -0.05) is 80.2 Å². The van der Waals surface area contributed by atoms with Gasteiger partial charge in [0.25, 0.3) is 5.56 Å². The van der Waals surface area contributed by atoms with Crippen LogP contribution in [0.15, 0.2) is 47.3 Å². The lowest BCUT2D eigenvalue weighted by atomic mass is 10.1. The van der Waals surface area contributed by atoms with E-state index in [0.29, 0.717) is 44.0 Å². The highest BCUT2D eigenvalue weighted by Crippen LogP contribution is 2.29. The third-order valence-corrected chi connectivity index (χ3v) is 6.83. The lowest BCUT2D eigenvalue weighted by Gasteiger charge is -2.11. The number of benzene rings is 2. The highest BCUT2D eigenvalue weighted by molar-refractivity contribution is 7.15. The van der Waals surface area contributed by atoms with Crippen LogP contribution in [0.4, 0.5) is 0 Å². The van der Waals surface area contributed by atoms with Gasteiger partial charge in [-0.2, -0.15) is 9.50 Å². The summed E-state index contributed by atoms with van der Waals surface area (Å²) in [6.07, 6.45) is 9.11. The van der Waals surface area contributed by atoms with Gasteiger partial charge in [-0.15, -0.1) is 5.10 Å². The predicted molar refractivity (Wildman–Crippen MR) is 138 cm³/mol. The Balaban J connectivity index is 1.49. The first kappa shape index (κ1) is 24.2. The van der Waals surface area contributed by atoms with E-state index in [9.17, 15) is 4.79 Å². The first-order valence-corrected chi connectivity index (χ1v) is 12.8. The molecule has 2 aromatic heterocycles. The first-order valence-electron chi connectivity index (χ1n) is 11.6. The number of hydrogen-bond acceptors (Lipinski definition) is 6. The van der Waals surface area contributed by atoms with Crippen LogP contribution in [0, 0.1) is 0 Å². The van der Waals surface area contributed by atoms with E-state index in [2.05, 4.69) is 17.0 Å². The maximum Gasteiger partial charge on any atom is 0.291 e. The fourth-order valence-electron chi connectivity index (χ4n) is 3.70. The Morgan fingerprint density at radius 2 is 1.85 bits per heavy atom. The Bertz CT molecular complexity index is 1370. The molecule has 4 aromatic rings. The van der Waals surface area contributed by atoms with Crippen LogP contribution in [0.5, 0.6) is 11.5 Å². The zero-order valence-electron chi connectivity index (χ0n) is 19.4. The molecular formula is C26H28ClN3O3S. The maximum atomic E-state index is 12.9. The highest BCUT2D eigenvalue weighted by atomic mass is 35.5. The second-order valence-electron chi connectivity index (χ2n) is 8.05. The third kappa shape index (κ3) is 5.59. The van der Waals surface area contributed by atoms with Crippen molar-refractivity contribution >= 4 is 34.0 Å². The van der Waals surface area contributed by atoms with Crippen LogP contribution in [-0.2, 0) is 0 Å². The van der Waals surface area contributed by atoms with Gasteiger partial charge in [-0.3, -0.25) is 4.79 Å². The molecule has 0 spiro atoms. The summed E-state index contributed by atoms with van der Waals surface area (Å²) < 4.78 is 13.3. The van der Waals surface area contributed by atoms with Crippen molar-refractivity contribution in [3.8, 4) is 22.9 Å². The van der Waals surface area contributed by atoms with E-state index in [1.54, 1.807) is 13.2 Å².